The van der Waals surface area contributed by atoms with E-state index >= 15 is 0 Å². The second kappa shape index (κ2) is 6.04. The summed E-state index contributed by atoms with van der Waals surface area (Å²) in [4.78, 5) is 16.6. The third-order valence-corrected chi connectivity index (χ3v) is 3.45. The zero-order valence-electron chi connectivity index (χ0n) is 12.7. The fraction of sp³-hybridized carbons (Fsp3) is 0.188. The van der Waals surface area contributed by atoms with Gasteiger partial charge in [0.15, 0.2) is 0 Å². The molecule has 1 amide bonds. The molecule has 0 fully saturated rings. The number of aryl methyl sites for hydroxylation is 2. The molecule has 23 heavy (non-hydrogen) atoms. The van der Waals surface area contributed by atoms with E-state index in [1.807, 2.05) is 7.05 Å². The van der Waals surface area contributed by atoms with Gasteiger partial charge in [0, 0.05) is 25.5 Å². The van der Waals surface area contributed by atoms with Crippen LogP contribution in [0.1, 0.15) is 33.7 Å². The lowest BCUT2D eigenvalue weighted by Gasteiger charge is -2.18. The lowest BCUT2D eigenvalue weighted by Crippen LogP contribution is -2.30. The molecule has 2 heterocycles. The maximum Gasteiger partial charge on any atom is 0.290 e. The van der Waals surface area contributed by atoms with Gasteiger partial charge in [0.25, 0.3) is 5.91 Å². The number of carbonyl (C=O) groups excluding carboxylic acids is 1. The van der Waals surface area contributed by atoms with Crippen LogP contribution in [-0.4, -0.2) is 20.6 Å². The Labute approximate surface area is 131 Å². The van der Waals surface area contributed by atoms with Gasteiger partial charge in [0.05, 0.1) is 5.69 Å². The van der Waals surface area contributed by atoms with Crippen LogP contribution in [0.15, 0.2) is 47.2 Å². The number of benzene rings is 1. The molecule has 1 N–H and O–H groups in total. The van der Waals surface area contributed by atoms with Crippen LogP contribution < -0.4 is 5.32 Å². The SMILES string of the molecule is Cc1cc(C(=O)N[C@@H](c2ccc(F)cc2)c2nccn2C)on1. The second-order valence-electron chi connectivity index (χ2n) is 5.19. The van der Waals surface area contributed by atoms with E-state index in [1.165, 1.54) is 12.1 Å². The largest absolute Gasteiger partial charge is 0.351 e. The smallest absolute Gasteiger partial charge is 0.290 e. The van der Waals surface area contributed by atoms with Crippen LogP contribution >= 0.6 is 0 Å². The second-order valence-corrected chi connectivity index (χ2v) is 5.19. The number of imidazole rings is 1. The van der Waals surface area contributed by atoms with Gasteiger partial charge in [-0.1, -0.05) is 17.3 Å². The fourth-order valence-corrected chi connectivity index (χ4v) is 2.28. The van der Waals surface area contributed by atoms with Gasteiger partial charge in [0.2, 0.25) is 5.76 Å². The predicted molar refractivity (Wildman–Crippen MR) is 80.2 cm³/mol. The van der Waals surface area contributed by atoms with Gasteiger partial charge in [-0.2, -0.15) is 0 Å². The first-order valence-electron chi connectivity index (χ1n) is 7.01. The summed E-state index contributed by atoms with van der Waals surface area (Å²) in [5.41, 5.74) is 1.33. The van der Waals surface area contributed by atoms with E-state index in [4.69, 9.17) is 4.52 Å². The molecular weight excluding hydrogens is 299 g/mol. The van der Waals surface area contributed by atoms with Crippen LogP contribution in [0.2, 0.25) is 0 Å². The average molecular weight is 314 g/mol. The minimum atomic E-state index is -0.534. The molecule has 3 rings (SSSR count). The molecule has 0 aliphatic carbocycles. The van der Waals surface area contributed by atoms with Crippen molar-refractivity contribution in [1.29, 1.82) is 0 Å². The van der Waals surface area contributed by atoms with E-state index in [0.29, 0.717) is 17.1 Å². The first kappa shape index (κ1) is 15.0. The molecular formula is C16H15FN4O2. The molecule has 0 spiro atoms. The highest BCUT2D eigenvalue weighted by molar-refractivity contribution is 5.91. The van der Waals surface area contributed by atoms with Gasteiger partial charge in [-0.15, -0.1) is 0 Å². The number of nitrogens with one attached hydrogen (secondary N) is 1. The molecule has 1 aromatic carbocycles. The first-order valence-corrected chi connectivity index (χ1v) is 7.01. The summed E-state index contributed by atoms with van der Waals surface area (Å²) in [5.74, 6) is -0.0162. The van der Waals surface area contributed by atoms with Crippen molar-refractivity contribution in [2.75, 3.05) is 0 Å². The minimum absolute atomic E-state index is 0.115. The number of nitrogens with zero attached hydrogens (tertiary/aromatic N) is 3. The molecule has 0 bridgehead atoms. The normalized spacial score (nSPS) is 12.1. The van der Waals surface area contributed by atoms with Crippen LogP contribution in [0.3, 0.4) is 0 Å². The zero-order chi connectivity index (χ0) is 16.4. The van der Waals surface area contributed by atoms with Gasteiger partial charge < -0.3 is 14.4 Å². The molecule has 0 radical (unpaired) electrons. The van der Waals surface area contributed by atoms with Gasteiger partial charge in [-0.05, 0) is 24.6 Å². The quantitative estimate of drug-likeness (QED) is 0.802. The van der Waals surface area contributed by atoms with Gasteiger partial charge in [-0.3, -0.25) is 4.79 Å². The third-order valence-electron chi connectivity index (χ3n) is 3.45. The molecule has 3 aromatic rings. The fourth-order valence-electron chi connectivity index (χ4n) is 2.28. The van der Waals surface area contributed by atoms with E-state index < -0.39 is 11.9 Å². The van der Waals surface area contributed by atoms with E-state index in [9.17, 15) is 9.18 Å². The Balaban J connectivity index is 1.94. The molecule has 0 aliphatic rings. The summed E-state index contributed by atoms with van der Waals surface area (Å²) in [6.07, 6.45) is 3.41. The van der Waals surface area contributed by atoms with Crippen LogP contribution in [0.5, 0.6) is 0 Å². The Kier molecular flexibility index (Phi) is 3.92. The van der Waals surface area contributed by atoms with E-state index in [1.54, 1.807) is 42.1 Å². The lowest BCUT2D eigenvalue weighted by molar-refractivity contribution is 0.0904. The Morgan fingerprint density at radius 2 is 2.09 bits per heavy atom. The molecule has 7 heteroatoms. The number of carbonyl (C=O) groups is 1. The highest BCUT2D eigenvalue weighted by Gasteiger charge is 2.23. The number of hydrogen-bond acceptors (Lipinski definition) is 4. The zero-order valence-corrected chi connectivity index (χ0v) is 12.7. The minimum Gasteiger partial charge on any atom is -0.351 e. The van der Waals surface area contributed by atoms with Gasteiger partial charge in [-0.25, -0.2) is 9.37 Å². The van der Waals surface area contributed by atoms with Gasteiger partial charge >= 0.3 is 0 Å². The van der Waals surface area contributed by atoms with E-state index in [2.05, 4.69) is 15.5 Å². The van der Waals surface area contributed by atoms with Crippen molar-refractivity contribution in [2.24, 2.45) is 7.05 Å². The number of rotatable bonds is 4. The molecule has 0 saturated carbocycles. The van der Waals surface area contributed by atoms with Crippen LogP contribution in [0, 0.1) is 12.7 Å². The van der Waals surface area contributed by atoms with E-state index in [-0.39, 0.29) is 11.6 Å². The van der Waals surface area contributed by atoms with Crippen LogP contribution in [0.4, 0.5) is 4.39 Å². The highest BCUT2D eigenvalue weighted by Crippen LogP contribution is 2.21. The van der Waals surface area contributed by atoms with E-state index in [0.717, 1.165) is 0 Å². The lowest BCUT2D eigenvalue weighted by atomic mass is 10.1. The molecule has 6 nitrogen and oxygen atoms in total. The molecule has 0 saturated heterocycles. The molecule has 2 aromatic heterocycles. The Morgan fingerprint density at radius 1 is 1.35 bits per heavy atom. The highest BCUT2D eigenvalue weighted by atomic mass is 19.1. The van der Waals surface area contributed by atoms with Crippen molar-refractivity contribution in [3.8, 4) is 0 Å². The standard InChI is InChI=1S/C16H15FN4O2/c1-10-9-13(23-20-10)16(22)19-14(15-18-7-8-21(15)2)11-3-5-12(17)6-4-11/h3-9,14H,1-2H3,(H,19,22)/t14-/m0/s1. The Bertz CT molecular complexity index is 823. The molecule has 0 unspecified atom stereocenters. The number of amides is 1. The average Bonchev–Trinajstić information content (AvgIpc) is 3.14. The maximum atomic E-state index is 13.2. The summed E-state index contributed by atoms with van der Waals surface area (Å²) >= 11 is 0. The topological polar surface area (TPSA) is 73.0 Å². The summed E-state index contributed by atoms with van der Waals surface area (Å²) < 4.78 is 19.9. The van der Waals surface area contributed by atoms with Crippen molar-refractivity contribution in [3.63, 3.8) is 0 Å². The molecule has 1 atom stereocenters. The summed E-state index contributed by atoms with van der Waals surface area (Å²) in [5, 5.41) is 6.55. The van der Waals surface area contributed by atoms with Crippen LogP contribution in [0.25, 0.3) is 0 Å². The Morgan fingerprint density at radius 3 is 2.65 bits per heavy atom. The summed E-state index contributed by atoms with van der Waals surface area (Å²) in [6.45, 7) is 1.73. The van der Waals surface area contributed by atoms with Crippen molar-refractivity contribution in [2.45, 2.75) is 13.0 Å². The number of hydrogen-bond donors (Lipinski definition) is 1. The van der Waals surface area contributed by atoms with Crippen molar-refractivity contribution < 1.29 is 13.7 Å². The molecule has 0 aliphatic heterocycles. The monoisotopic (exact) mass is 314 g/mol. The van der Waals surface area contributed by atoms with Crippen molar-refractivity contribution in [3.05, 3.63) is 71.4 Å². The summed E-state index contributed by atoms with van der Waals surface area (Å²) in [7, 11) is 1.82. The van der Waals surface area contributed by atoms with Crippen LogP contribution in [-0.2, 0) is 7.05 Å². The maximum absolute atomic E-state index is 13.2. The number of halogens is 1. The first-order chi connectivity index (χ1) is 11.0. The third kappa shape index (κ3) is 3.13. The Hall–Kier alpha value is -2.96. The number of aromatic nitrogens is 3. The summed E-state index contributed by atoms with van der Waals surface area (Å²) in [6, 6.07) is 6.93. The van der Waals surface area contributed by atoms with Gasteiger partial charge in [0.1, 0.15) is 17.7 Å². The van der Waals surface area contributed by atoms with Crippen molar-refractivity contribution >= 4 is 5.91 Å². The predicted octanol–water partition coefficient (Wildman–Crippen LogP) is 2.38. The molecule has 118 valence electrons. The van der Waals surface area contributed by atoms with Crippen molar-refractivity contribution in [1.82, 2.24) is 20.0 Å².